The molecule has 3 rings (SSSR count). The molecule has 0 aliphatic carbocycles. The third-order valence-corrected chi connectivity index (χ3v) is 3.50. The first kappa shape index (κ1) is 13.7. The molecule has 0 bridgehead atoms. The van der Waals surface area contributed by atoms with E-state index >= 15 is 0 Å². The minimum absolute atomic E-state index is 0.194. The van der Waals surface area contributed by atoms with E-state index in [1.807, 2.05) is 37.3 Å². The van der Waals surface area contributed by atoms with E-state index in [1.54, 1.807) is 18.2 Å². The Labute approximate surface area is 127 Å². The monoisotopic (exact) mass is 300 g/mol. The molecule has 3 nitrogen and oxygen atoms in total. The molecule has 0 saturated heterocycles. The molecular formula is C17H13ClO3. The van der Waals surface area contributed by atoms with E-state index in [0.717, 1.165) is 16.9 Å². The van der Waals surface area contributed by atoms with Crippen molar-refractivity contribution in [3.05, 3.63) is 64.2 Å². The second-order valence-corrected chi connectivity index (χ2v) is 5.23. The van der Waals surface area contributed by atoms with Crippen molar-refractivity contribution >= 4 is 23.6 Å². The van der Waals surface area contributed by atoms with Crippen LogP contribution in [0.4, 0.5) is 0 Å². The molecule has 0 saturated carbocycles. The minimum atomic E-state index is -0.447. The summed E-state index contributed by atoms with van der Waals surface area (Å²) in [5, 5.41) is 0.409. The summed E-state index contributed by atoms with van der Waals surface area (Å²) in [5.74, 6) is 0.682. The number of rotatable bonds is 2. The van der Waals surface area contributed by atoms with Gasteiger partial charge in [0.25, 0.3) is 0 Å². The standard InChI is InChI=1S/C17H13ClO3/c1-11-6-7-14(18)16(8-11)21-17(19)13-9-12-4-2-3-5-15(12)20-10-13/h2-9H,10H2,1H3. The van der Waals surface area contributed by atoms with Gasteiger partial charge in [-0.05, 0) is 36.8 Å². The molecule has 0 N–H and O–H groups in total. The van der Waals surface area contributed by atoms with E-state index in [1.165, 1.54) is 0 Å². The van der Waals surface area contributed by atoms with Crippen LogP contribution in [0.2, 0.25) is 5.02 Å². The van der Waals surface area contributed by atoms with Crippen LogP contribution in [0.25, 0.3) is 6.08 Å². The average molecular weight is 301 g/mol. The Morgan fingerprint density at radius 2 is 2.05 bits per heavy atom. The Bertz CT molecular complexity index is 735. The highest BCUT2D eigenvalue weighted by molar-refractivity contribution is 6.32. The van der Waals surface area contributed by atoms with Gasteiger partial charge >= 0.3 is 5.97 Å². The van der Waals surface area contributed by atoms with Crippen molar-refractivity contribution < 1.29 is 14.3 Å². The fourth-order valence-electron chi connectivity index (χ4n) is 2.09. The van der Waals surface area contributed by atoms with Gasteiger partial charge in [0, 0.05) is 5.56 Å². The Balaban J connectivity index is 1.84. The number of hydrogen-bond donors (Lipinski definition) is 0. The van der Waals surface area contributed by atoms with E-state index in [0.29, 0.717) is 16.3 Å². The zero-order chi connectivity index (χ0) is 14.8. The maximum atomic E-state index is 12.2. The molecule has 2 aromatic rings. The van der Waals surface area contributed by atoms with Crippen LogP contribution in [0.3, 0.4) is 0 Å². The van der Waals surface area contributed by atoms with Crippen molar-refractivity contribution in [2.75, 3.05) is 6.61 Å². The highest BCUT2D eigenvalue weighted by atomic mass is 35.5. The number of hydrogen-bond acceptors (Lipinski definition) is 3. The minimum Gasteiger partial charge on any atom is -0.488 e. The van der Waals surface area contributed by atoms with Gasteiger partial charge in [-0.15, -0.1) is 0 Å². The summed E-state index contributed by atoms with van der Waals surface area (Å²) in [6, 6.07) is 12.8. The number of halogens is 1. The number of aryl methyl sites for hydroxylation is 1. The molecule has 0 fully saturated rings. The van der Waals surface area contributed by atoms with Gasteiger partial charge < -0.3 is 9.47 Å². The number of para-hydroxylation sites is 1. The molecule has 21 heavy (non-hydrogen) atoms. The number of carbonyl (C=O) groups excluding carboxylic acids is 1. The highest BCUT2D eigenvalue weighted by Gasteiger charge is 2.19. The van der Waals surface area contributed by atoms with Crippen LogP contribution < -0.4 is 9.47 Å². The molecule has 4 heteroatoms. The summed E-state index contributed by atoms with van der Waals surface area (Å²) in [4.78, 5) is 12.2. The second kappa shape index (κ2) is 5.62. The van der Waals surface area contributed by atoms with E-state index in [-0.39, 0.29) is 6.61 Å². The van der Waals surface area contributed by atoms with Gasteiger partial charge in [0.2, 0.25) is 0 Å². The molecule has 1 heterocycles. The second-order valence-electron chi connectivity index (χ2n) is 4.82. The quantitative estimate of drug-likeness (QED) is 0.620. The van der Waals surface area contributed by atoms with Crippen molar-refractivity contribution in [2.24, 2.45) is 0 Å². The van der Waals surface area contributed by atoms with Gasteiger partial charge in [0.05, 0.1) is 10.6 Å². The fourth-order valence-corrected chi connectivity index (χ4v) is 2.24. The maximum Gasteiger partial charge on any atom is 0.342 e. The lowest BCUT2D eigenvalue weighted by atomic mass is 10.1. The predicted octanol–water partition coefficient (Wildman–Crippen LogP) is 4.03. The molecule has 0 atom stereocenters. The van der Waals surface area contributed by atoms with Crippen molar-refractivity contribution in [3.63, 3.8) is 0 Å². The molecular weight excluding hydrogens is 288 g/mol. The normalized spacial score (nSPS) is 13.0. The number of esters is 1. The number of carbonyl (C=O) groups is 1. The Kier molecular flexibility index (Phi) is 3.67. The van der Waals surface area contributed by atoms with E-state index in [9.17, 15) is 4.79 Å². The number of fused-ring (bicyclic) bond motifs is 1. The Morgan fingerprint density at radius 1 is 1.24 bits per heavy atom. The highest BCUT2D eigenvalue weighted by Crippen LogP contribution is 2.29. The van der Waals surface area contributed by atoms with Gasteiger partial charge in [0.1, 0.15) is 18.1 Å². The molecule has 1 aliphatic heterocycles. The first-order valence-corrected chi connectivity index (χ1v) is 6.92. The fraction of sp³-hybridized carbons (Fsp3) is 0.118. The first-order valence-electron chi connectivity index (χ1n) is 6.54. The van der Waals surface area contributed by atoms with Gasteiger partial charge in [0.15, 0.2) is 0 Å². The van der Waals surface area contributed by atoms with Crippen LogP contribution in [-0.4, -0.2) is 12.6 Å². The summed E-state index contributed by atoms with van der Waals surface area (Å²) in [6.07, 6.45) is 1.78. The first-order chi connectivity index (χ1) is 10.1. The van der Waals surface area contributed by atoms with Crippen LogP contribution in [0.1, 0.15) is 11.1 Å². The lowest BCUT2D eigenvalue weighted by molar-refractivity contribution is -0.130. The molecule has 0 unspecified atom stereocenters. The summed E-state index contributed by atoms with van der Waals surface area (Å²) in [6.45, 7) is 2.10. The van der Waals surface area contributed by atoms with Crippen molar-refractivity contribution in [1.82, 2.24) is 0 Å². The third kappa shape index (κ3) is 2.93. The number of ether oxygens (including phenoxy) is 2. The largest absolute Gasteiger partial charge is 0.488 e. The van der Waals surface area contributed by atoms with Crippen LogP contribution >= 0.6 is 11.6 Å². The zero-order valence-electron chi connectivity index (χ0n) is 11.4. The summed E-state index contributed by atoms with van der Waals surface area (Å²) in [5.41, 5.74) is 2.30. The maximum absolute atomic E-state index is 12.2. The summed E-state index contributed by atoms with van der Waals surface area (Å²) in [7, 11) is 0. The predicted molar refractivity (Wildman–Crippen MR) is 81.7 cm³/mol. The molecule has 0 radical (unpaired) electrons. The summed E-state index contributed by atoms with van der Waals surface area (Å²) < 4.78 is 10.9. The van der Waals surface area contributed by atoms with E-state index in [4.69, 9.17) is 21.1 Å². The van der Waals surface area contributed by atoms with Crippen LogP contribution in [0.5, 0.6) is 11.5 Å². The van der Waals surface area contributed by atoms with Crippen LogP contribution in [0, 0.1) is 6.92 Å². The van der Waals surface area contributed by atoms with Gasteiger partial charge in [-0.25, -0.2) is 4.79 Å². The molecule has 0 amide bonds. The molecule has 0 spiro atoms. The van der Waals surface area contributed by atoms with Gasteiger partial charge in [-0.1, -0.05) is 35.9 Å². The van der Waals surface area contributed by atoms with Crippen LogP contribution in [0.15, 0.2) is 48.0 Å². The smallest absolute Gasteiger partial charge is 0.342 e. The number of benzene rings is 2. The molecule has 106 valence electrons. The van der Waals surface area contributed by atoms with Crippen molar-refractivity contribution in [2.45, 2.75) is 6.92 Å². The third-order valence-electron chi connectivity index (χ3n) is 3.18. The molecule has 1 aliphatic rings. The average Bonchev–Trinajstić information content (AvgIpc) is 2.50. The topological polar surface area (TPSA) is 35.5 Å². The van der Waals surface area contributed by atoms with E-state index in [2.05, 4.69) is 0 Å². The van der Waals surface area contributed by atoms with Crippen LogP contribution in [-0.2, 0) is 4.79 Å². The SMILES string of the molecule is Cc1ccc(Cl)c(OC(=O)C2=Cc3ccccc3OC2)c1. The zero-order valence-corrected chi connectivity index (χ0v) is 12.2. The van der Waals surface area contributed by atoms with Crippen molar-refractivity contribution in [1.29, 1.82) is 0 Å². The summed E-state index contributed by atoms with van der Waals surface area (Å²) >= 11 is 6.03. The van der Waals surface area contributed by atoms with E-state index < -0.39 is 5.97 Å². The molecule has 2 aromatic carbocycles. The van der Waals surface area contributed by atoms with Gasteiger partial charge in [-0.3, -0.25) is 0 Å². The Morgan fingerprint density at radius 3 is 2.90 bits per heavy atom. The molecule has 0 aromatic heterocycles. The lowest BCUT2D eigenvalue weighted by Gasteiger charge is -2.17. The van der Waals surface area contributed by atoms with Gasteiger partial charge in [-0.2, -0.15) is 0 Å². The lowest BCUT2D eigenvalue weighted by Crippen LogP contribution is -2.19. The Hall–Kier alpha value is -2.26. The van der Waals surface area contributed by atoms with Crippen molar-refractivity contribution in [3.8, 4) is 11.5 Å².